The molecule has 0 radical (unpaired) electrons. The number of aromatic nitrogens is 5. The van der Waals surface area contributed by atoms with Crippen molar-refractivity contribution < 1.29 is 8.91 Å². The van der Waals surface area contributed by atoms with E-state index < -0.39 is 0 Å². The Kier molecular flexibility index (Phi) is 4.33. The number of hydrogen-bond acceptors (Lipinski definition) is 3. The van der Waals surface area contributed by atoms with Gasteiger partial charge >= 0.3 is 5.78 Å². The molecule has 0 aliphatic rings. The van der Waals surface area contributed by atoms with E-state index >= 15 is 0 Å². The van der Waals surface area contributed by atoms with Gasteiger partial charge in [0.25, 0.3) is 5.56 Å². The molecule has 0 aliphatic heterocycles. The molecule has 148 valence electrons. The van der Waals surface area contributed by atoms with Crippen molar-refractivity contribution in [3.05, 3.63) is 93.4 Å². The van der Waals surface area contributed by atoms with Crippen LogP contribution in [0.15, 0.2) is 65.6 Å². The molecular formula is C22H16ClFN5O+. The molecular weight excluding hydrogens is 405 g/mol. The molecule has 3 heterocycles. The Morgan fingerprint density at radius 3 is 2.63 bits per heavy atom. The second kappa shape index (κ2) is 7.03. The Bertz CT molecular complexity index is 1470. The summed E-state index contributed by atoms with van der Waals surface area (Å²) < 4.78 is 16.8. The van der Waals surface area contributed by atoms with Crippen molar-refractivity contribution in [1.82, 2.24) is 19.6 Å². The van der Waals surface area contributed by atoms with Crippen LogP contribution in [0.25, 0.3) is 27.9 Å². The van der Waals surface area contributed by atoms with Crippen molar-refractivity contribution >= 4 is 28.3 Å². The van der Waals surface area contributed by atoms with Gasteiger partial charge in [-0.05, 0) is 42.0 Å². The largest absolute Gasteiger partial charge is 0.458 e. The molecule has 30 heavy (non-hydrogen) atoms. The van der Waals surface area contributed by atoms with Crippen LogP contribution in [0.3, 0.4) is 0 Å². The molecule has 0 fully saturated rings. The maximum atomic E-state index is 13.5. The predicted molar refractivity (Wildman–Crippen MR) is 112 cm³/mol. The van der Waals surface area contributed by atoms with E-state index in [0.29, 0.717) is 45.3 Å². The smallest absolute Gasteiger partial charge is 0.310 e. The monoisotopic (exact) mass is 420 g/mol. The lowest BCUT2D eigenvalue weighted by Gasteiger charge is -2.10. The van der Waals surface area contributed by atoms with E-state index in [4.69, 9.17) is 11.6 Å². The summed E-state index contributed by atoms with van der Waals surface area (Å²) >= 11 is 6.29. The van der Waals surface area contributed by atoms with E-state index in [0.717, 1.165) is 5.56 Å². The molecule has 1 N–H and O–H groups in total. The number of hydrogen-bond donors (Lipinski definition) is 1. The Labute approximate surface area is 175 Å². The summed E-state index contributed by atoms with van der Waals surface area (Å²) in [6.07, 6.45) is 1.70. The van der Waals surface area contributed by atoms with Crippen LogP contribution in [0.4, 0.5) is 4.39 Å². The number of nitrogens with one attached hydrogen (secondary N) is 1. The molecule has 0 saturated carbocycles. The van der Waals surface area contributed by atoms with Crippen LogP contribution in [0, 0.1) is 12.7 Å². The third kappa shape index (κ3) is 3.04. The van der Waals surface area contributed by atoms with Gasteiger partial charge in [0.05, 0.1) is 6.54 Å². The Morgan fingerprint density at radius 1 is 1.10 bits per heavy atom. The van der Waals surface area contributed by atoms with E-state index in [9.17, 15) is 9.18 Å². The highest BCUT2D eigenvalue weighted by Crippen LogP contribution is 2.23. The first-order valence-electron chi connectivity index (χ1n) is 9.32. The van der Waals surface area contributed by atoms with Gasteiger partial charge < -0.3 is 4.57 Å². The fraction of sp³-hybridized carbons (Fsp3) is 0.0909. The molecule has 3 aromatic heterocycles. The van der Waals surface area contributed by atoms with Crippen LogP contribution in [-0.2, 0) is 6.54 Å². The summed E-state index contributed by atoms with van der Waals surface area (Å²) in [6.45, 7) is 2.13. The molecule has 0 aliphatic carbocycles. The zero-order valence-electron chi connectivity index (χ0n) is 15.9. The first kappa shape index (κ1) is 18.4. The van der Waals surface area contributed by atoms with Crippen molar-refractivity contribution in [3.8, 4) is 11.3 Å². The zero-order valence-corrected chi connectivity index (χ0v) is 16.7. The first-order chi connectivity index (χ1) is 14.5. The SMILES string of the molecule is Cc1nc2nc3ccn(Cc4ccccc4Cl)c(=O)c3c(-c3ccc(F)cc3)[n+]2[nH]1. The minimum Gasteiger partial charge on any atom is -0.310 e. The molecule has 0 amide bonds. The summed E-state index contributed by atoms with van der Waals surface area (Å²) in [4.78, 5) is 22.4. The Hall–Kier alpha value is -3.58. The van der Waals surface area contributed by atoms with Crippen LogP contribution in [0.5, 0.6) is 0 Å². The summed E-state index contributed by atoms with van der Waals surface area (Å²) in [5.41, 5.74) is 2.38. The number of halogens is 2. The van der Waals surface area contributed by atoms with Crippen molar-refractivity contribution in [3.63, 3.8) is 0 Å². The maximum Gasteiger partial charge on any atom is 0.458 e. The molecule has 0 unspecified atom stereocenters. The van der Waals surface area contributed by atoms with Crippen LogP contribution in [0.2, 0.25) is 5.02 Å². The summed E-state index contributed by atoms with van der Waals surface area (Å²) in [5.74, 6) is 0.732. The topological polar surface area (TPSA) is 67.7 Å². The number of nitrogens with zero attached hydrogens (tertiary/aromatic N) is 4. The van der Waals surface area contributed by atoms with Gasteiger partial charge in [0.15, 0.2) is 11.2 Å². The lowest BCUT2D eigenvalue weighted by Crippen LogP contribution is -2.32. The van der Waals surface area contributed by atoms with Gasteiger partial charge in [0, 0.05) is 23.7 Å². The second-order valence-electron chi connectivity index (χ2n) is 7.01. The van der Waals surface area contributed by atoms with Gasteiger partial charge in [0.2, 0.25) is 5.82 Å². The normalized spacial score (nSPS) is 11.4. The molecule has 0 saturated heterocycles. The molecule has 0 atom stereocenters. The Morgan fingerprint density at radius 2 is 1.87 bits per heavy atom. The van der Waals surface area contributed by atoms with Crippen LogP contribution < -0.4 is 10.1 Å². The first-order valence-corrected chi connectivity index (χ1v) is 9.70. The van der Waals surface area contributed by atoms with Crippen molar-refractivity contribution in [2.75, 3.05) is 0 Å². The molecule has 8 heteroatoms. The summed E-state index contributed by atoms with van der Waals surface area (Å²) in [6, 6.07) is 15.2. The third-order valence-corrected chi connectivity index (χ3v) is 5.35. The third-order valence-electron chi connectivity index (χ3n) is 4.98. The van der Waals surface area contributed by atoms with Crippen LogP contribution >= 0.6 is 11.6 Å². The molecule has 2 aromatic carbocycles. The van der Waals surface area contributed by atoms with E-state index in [2.05, 4.69) is 15.1 Å². The number of fused-ring (bicyclic) bond motifs is 2. The number of aromatic amines is 1. The van der Waals surface area contributed by atoms with Crippen molar-refractivity contribution in [2.45, 2.75) is 13.5 Å². The van der Waals surface area contributed by atoms with Crippen LogP contribution in [-0.4, -0.2) is 19.6 Å². The number of aryl methyl sites for hydroxylation is 1. The number of benzene rings is 2. The fourth-order valence-electron chi connectivity index (χ4n) is 3.58. The van der Waals surface area contributed by atoms with Crippen molar-refractivity contribution in [1.29, 1.82) is 0 Å². The molecule has 5 aromatic rings. The fourth-order valence-corrected chi connectivity index (χ4v) is 3.78. The highest BCUT2D eigenvalue weighted by molar-refractivity contribution is 6.31. The average Bonchev–Trinajstić information content (AvgIpc) is 3.10. The molecule has 6 nitrogen and oxygen atoms in total. The van der Waals surface area contributed by atoms with Gasteiger partial charge in [0.1, 0.15) is 11.2 Å². The van der Waals surface area contributed by atoms with Gasteiger partial charge in [-0.2, -0.15) is 0 Å². The predicted octanol–water partition coefficient (Wildman–Crippen LogP) is 3.67. The lowest BCUT2D eigenvalue weighted by atomic mass is 10.1. The average molecular weight is 421 g/mol. The highest BCUT2D eigenvalue weighted by Gasteiger charge is 2.24. The Balaban J connectivity index is 1.82. The van der Waals surface area contributed by atoms with E-state index in [1.165, 1.54) is 12.1 Å². The van der Waals surface area contributed by atoms with Gasteiger partial charge in [-0.15, -0.1) is 4.52 Å². The summed E-state index contributed by atoms with van der Waals surface area (Å²) in [5, 5.41) is 4.12. The van der Waals surface area contributed by atoms with Gasteiger partial charge in [-0.1, -0.05) is 39.8 Å². The van der Waals surface area contributed by atoms with Gasteiger partial charge in [-0.3, -0.25) is 4.79 Å². The second-order valence-corrected chi connectivity index (χ2v) is 7.42. The standard InChI is InChI=1S/C22H15ClFN5O/c1-13-25-22-26-18-10-11-28(12-15-4-2-3-5-17(15)23)21(30)19(18)20(29(22)27-13)14-6-8-16(24)9-7-14/h2-11H,12H2,1H3/p+1. The van der Waals surface area contributed by atoms with Crippen LogP contribution in [0.1, 0.15) is 11.4 Å². The lowest BCUT2D eigenvalue weighted by molar-refractivity contribution is -0.567. The van der Waals surface area contributed by atoms with Crippen molar-refractivity contribution in [2.24, 2.45) is 0 Å². The highest BCUT2D eigenvalue weighted by atomic mass is 35.5. The van der Waals surface area contributed by atoms with E-state index in [-0.39, 0.29) is 11.4 Å². The van der Waals surface area contributed by atoms with Gasteiger partial charge in [-0.25, -0.2) is 9.49 Å². The minimum absolute atomic E-state index is 0.221. The quantitative estimate of drug-likeness (QED) is 0.453. The molecule has 5 rings (SSSR count). The van der Waals surface area contributed by atoms with E-state index in [1.54, 1.807) is 39.5 Å². The summed E-state index contributed by atoms with van der Waals surface area (Å²) in [7, 11) is 0. The number of rotatable bonds is 3. The van der Waals surface area contributed by atoms with E-state index in [1.807, 2.05) is 25.1 Å². The zero-order chi connectivity index (χ0) is 20.8. The molecule has 0 spiro atoms. The minimum atomic E-state index is -0.352. The molecule has 0 bridgehead atoms. The number of pyridine rings is 1. The number of H-pyrrole nitrogens is 1. The maximum absolute atomic E-state index is 13.5.